The third-order valence-corrected chi connectivity index (χ3v) is 5.41. The zero-order valence-corrected chi connectivity index (χ0v) is 18.2. The van der Waals surface area contributed by atoms with Gasteiger partial charge in [0.2, 0.25) is 0 Å². The van der Waals surface area contributed by atoms with Crippen LogP contribution < -0.4 is 10.9 Å². The van der Waals surface area contributed by atoms with Gasteiger partial charge in [-0.2, -0.15) is 10.2 Å². The van der Waals surface area contributed by atoms with Crippen molar-refractivity contribution in [1.82, 2.24) is 24.9 Å². The van der Waals surface area contributed by atoms with E-state index in [0.29, 0.717) is 19.6 Å². The van der Waals surface area contributed by atoms with Crippen molar-refractivity contribution >= 4 is 5.91 Å². The molecule has 1 amide bonds. The predicted octanol–water partition coefficient (Wildman–Crippen LogP) is 3.08. The Bertz CT molecular complexity index is 1280. The number of aromatic nitrogens is 4. The highest BCUT2D eigenvalue weighted by Gasteiger charge is 2.15. The Hall–Kier alpha value is -4.00. The summed E-state index contributed by atoms with van der Waals surface area (Å²) in [5.74, 6) is -0.332. The van der Waals surface area contributed by atoms with Gasteiger partial charge in [-0.15, -0.1) is 0 Å². The molecular weight excluding hydrogens is 402 g/mol. The highest BCUT2D eigenvalue weighted by atomic mass is 16.2. The molecule has 4 rings (SSSR count). The Morgan fingerprint density at radius 3 is 2.03 bits per heavy atom. The molecule has 1 N–H and O–H groups in total. The van der Waals surface area contributed by atoms with E-state index in [0.717, 1.165) is 22.5 Å². The molecule has 2 aromatic carbocycles. The van der Waals surface area contributed by atoms with Crippen LogP contribution in [0.3, 0.4) is 0 Å². The largest absolute Gasteiger partial charge is 0.346 e. The summed E-state index contributed by atoms with van der Waals surface area (Å²) in [7, 11) is 0. The van der Waals surface area contributed by atoms with E-state index in [-0.39, 0.29) is 17.2 Å². The molecule has 2 aromatic heterocycles. The van der Waals surface area contributed by atoms with Gasteiger partial charge in [0, 0.05) is 23.9 Å². The lowest BCUT2D eigenvalue weighted by Crippen LogP contribution is -2.29. The smallest absolute Gasteiger partial charge is 0.271 e. The lowest BCUT2D eigenvalue weighted by Gasteiger charge is -2.09. The normalized spacial score (nSPS) is 10.8. The minimum absolute atomic E-state index is 0.201. The van der Waals surface area contributed by atoms with E-state index in [1.54, 1.807) is 0 Å². The second kappa shape index (κ2) is 9.43. The van der Waals surface area contributed by atoms with Gasteiger partial charge in [0.15, 0.2) is 0 Å². The minimum atomic E-state index is -0.332. The Morgan fingerprint density at radius 2 is 1.41 bits per heavy atom. The highest BCUT2D eigenvalue weighted by Crippen LogP contribution is 2.15. The molecule has 0 saturated carbocycles. The molecule has 32 heavy (non-hydrogen) atoms. The van der Waals surface area contributed by atoms with Gasteiger partial charge in [0.25, 0.3) is 11.5 Å². The number of nitrogens with zero attached hydrogens (tertiary/aromatic N) is 4. The number of aryl methyl sites for hydroxylation is 1. The van der Waals surface area contributed by atoms with Crippen molar-refractivity contribution in [3.8, 4) is 0 Å². The van der Waals surface area contributed by atoms with Crippen LogP contribution in [0.5, 0.6) is 0 Å². The second-order valence-electron chi connectivity index (χ2n) is 7.68. The van der Waals surface area contributed by atoms with Gasteiger partial charge in [0.1, 0.15) is 5.69 Å². The quantitative estimate of drug-likeness (QED) is 0.491. The summed E-state index contributed by atoms with van der Waals surface area (Å²) in [4.78, 5) is 24.9. The number of amides is 1. The molecule has 0 unspecified atom stereocenters. The molecule has 4 aromatic rings. The zero-order chi connectivity index (χ0) is 22.5. The molecular formula is C25H25N5O2. The van der Waals surface area contributed by atoms with Crippen molar-refractivity contribution in [2.75, 3.05) is 0 Å². The summed E-state index contributed by atoms with van der Waals surface area (Å²) in [6, 6.07) is 22.5. The molecule has 0 aliphatic rings. The molecule has 0 fully saturated rings. The van der Waals surface area contributed by atoms with E-state index < -0.39 is 0 Å². The summed E-state index contributed by atoms with van der Waals surface area (Å²) >= 11 is 0. The van der Waals surface area contributed by atoms with Crippen LogP contribution in [0.15, 0.2) is 77.6 Å². The summed E-state index contributed by atoms with van der Waals surface area (Å²) in [6.45, 7) is 5.26. The van der Waals surface area contributed by atoms with E-state index in [1.807, 2.05) is 67.1 Å². The number of rotatable bonds is 7. The van der Waals surface area contributed by atoms with Gasteiger partial charge in [-0.25, -0.2) is 4.68 Å². The fraction of sp³-hybridized carbons (Fsp3) is 0.200. The van der Waals surface area contributed by atoms with Crippen molar-refractivity contribution in [1.29, 1.82) is 0 Å². The number of carbonyl (C=O) groups is 1. The van der Waals surface area contributed by atoms with E-state index in [2.05, 4.69) is 27.6 Å². The number of benzene rings is 2. The van der Waals surface area contributed by atoms with Crippen molar-refractivity contribution in [2.45, 2.75) is 33.5 Å². The van der Waals surface area contributed by atoms with Crippen LogP contribution >= 0.6 is 0 Å². The SMILES string of the molecule is Cc1nn(Cc2ccccc2)c(C)c1CNC(=O)c1ccc(=O)n(Cc2ccccc2)n1. The third-order valence-electron chi connectivity index (χ3n) is 5.41. The molecule has 7 heteroatoms. The maximum Gasteiger partial charge on any atom is 0.271 e. The van der Waals surface area contributed by atoms with E-state index >= 15 is 0 Å². The minimum Gasteiger partial charge on any atom is -0.346 e. The molecule has 0 spiro atoms. The van der Waals surface area contributed by atoms with Gasteiger partial charge >= 0.3 is 0 Å². The fourth-order valence-corrected chi connectivity index (χ4v) is 3.60. The fourth-order valence-electron chi connectivity index (χ4n) is 3.60. The lowest BCUT2D eigenvalue weighted by atomic mass is 10.2. The highest BCUT2D eigenvalue weighted by molar-refractivity contribution is 5.91. The van der Waals surface area contributed by atoms with Crippen LogP contribution in [0.25, 0.3) is 0 Å². The topological polar surface area (TPSA) is 81.8 Å². The van der Waals surface area contributed by atoms with Gasteiger partial charge in [-0.05, 0) is 31.0 Å². The van der Waals surface area contributed by atoms with Crippen LogP contribution in [0.2, 0.25) is 0 Å². The van der Waals surface area contributed by atoms with Crippen molar-refractivity contribution < 1.29 is 4.79 Å². The molecule has 0 saturated heterocycles. The first-order valence-corrected chi connectivity index (χ1v) is 10.5. The molecule has 7 nitrogen and oxygen atoms in total. The molecule has 0 bridgehead atoms. The predicted molar refractivity (Wildman–Crippen MR) is 122 cm³/mol. The molecule has 0 radical (unpaired) electrons. The zero-order valence-electron chi connectivity index (χ0n) is 18.2. The van der Waals surface area contributed by atoms with Gasteiger partial charge in [0.05, 0.1) is 18.8 Å². The monoisotopic (exact) mass is 427 g/mol. The molecule has 2 heterocycles. The average Bonchev–Trinajstić information content (AvgIpc) is 3.07. The van der Waals surface area contributed by atoms with E-state index in [4.69, 9.17) is 0 Å². The van der Waals surface area contributed by atoms with Gasteiger partial charge in [-0.1, -0.05) is 60.7 Å². The van der Waals surface area contributed by atoms with Crippen LogP contribution in [0.4, 0.5) is 0 Å². The van der Waals surface area contributed by atoms with Crippen LogP contribution in [0.1, 0.15) is 38.6 Å². The summed E-state index contributed by atoms with van der Waals surface area (Å²) in [5, 5.41) is 11.8. The molecule has 0 aliphatic heterocycles. The average molecular weight is 428 g/mol. The summed E-state index contributed by atoms with van der Waals surface area (Å²) < 4.78 is 3.25. The molecule has 0 aliphatic carbocycles. The van der Waals surface area contributed by atoms with Crippen LogP contribution in [-0.2, 0) is 19.6 Å². The number of hydrogen-bond acceptors (Lipinski definition) is 4. The van der Waals surface area contributed by atoms with Gasteiger partial charge < -0.3 is 5.32 Å². The van der Waals surface area contributed by atoms with Crippen molar-refractivity contribution in [2.24, 2.45) is 0 Å². The first-order valence-electron chi connectivity index (χ1n) is 10.5. The lowest BCUT2D eigenvalue weighted by molar-refractivity contribution is 0.0943. The first kappa shape index (κ1) is 21.2. The molecule has 0 atom stereocenters. The summed E-state index contributed by atoms with van der Waals surface area (Å²) in [5.41, 5.74) is 4.92. The standard InChI is InChI=1S/C25H25N5O2/c1-18-22(19(2)29(27-18)16-20-9-5-3-6-10-20)15-26-25(32)23-13-14-24(31)30(28-23)17-21-11-7-4-8-12-21/h3-14H,15-17H2,1-2H3,(H,26,32). The summed E-state index contributed by atoms with van der Waals surface area (Å²) in [6.07, 6.45) is 0. The van der Waals surface area contributed by atoms with Crippen LogP contribution in [-0.4, -0.2) is 25.5 Å². The third kappa shape index (κ3) is 4.83. The Labute approximate surface area is 186 Å². The second-order valence-corrected chi connectivity index (χ2v) is 7.68. The maximum atomic E-state index is 12.7. The van der Waals surface area contributed by atoms with E-state index in [1.165, 1.54) is 22.4 Å². The molecule has 162 valence electrons. The van der Waals surface area contributed by atoms with Crippen molar-refractivity contribution in [3.63, 3.8) is 0 Å². The number of carbonyl (C=O) groups excluding carboxylic acids is 1. The number of hydrogen-bond donors (Lipinski definition) is 1. The van der Waals surface area contributed by atoms with Crippen molar-refractivity contribution in [3.05, 3.63) is 117 Å². The Balaban J connectivity index is 1.46. The number of nitrogens with one attached hydrogen (secondary N) is 1. The first-order chi connectivity index (χ1) is 15.5. The Morgan fingerprint density at radius 1 is 0.812 bits per heavy atom. The van der Waals surface area contributed by atoms with Crippen LogP contribution in [0, 0.1) is 13.8 Å². The Kier molecular flexibility index (Phi) is 6.26. The van der Waals surface area contributed by atoms with Gasteiger partial charge in [-0.3, -0.25) is 14.3 Å². The maximum absolute atomic E-state index is 12.7. The van der Waals surface area contributed by atoms with E-state index in [9.17, 15) is 9.59 Å².